The minimum Gasteiger partial charge on any atom is -0.444 e. The molecule has 3 N–H and O–H groups in total. The maximum Gasteiger partial charge on any atom is 0.506 e. The third kappa shape index (κ3) is 6.65. The van der Waals surface area contributed by atoms with E-state index in [0.717, 1.165) is 0 Å². The number of carbonyl (C=O) groups excluding carboxylic acids is 1. The minimum absolute atomic E-state index is 0.379. The highest BCUT2D eigenvalue weighted by molar-refractivity contribution is 6.50. The zero-order valence-electron chi connectivity index (χ0n) is 13.7. The lowest BCUT2D eigenvalue weighted by molar-refractivity contribution is 0.0220. The number of hydrazine groups is 1. The van der Waals surface area contributed by atoms with Crippen molar-refractivity contribution < 1.29 is 24.3 Å². The number of hydrogen-bond donors (Lipinski definition) is 3. The SMILES string of the molecule is CN(CCOCCN1NCC=C1B(O)O)C(=O)OC(C)(C)C. The standard InChI is InChI=1S/C13H26BN3O5/c1-13(2,3)22-12(18)16(4)7-9-21-10-8-17-11(14(19)20)5-6-15-17/h5,15,19-20H,6-10H2,1-4H3. The van der Waals surface area contributed by atoms with Crippen LogP contribution in [0.4, 0.5) is 4.79 Å². The van der Waals surface area contributed by atoms with Crippen molar-refractivity contribution in [2.45, 2.75) is 26.4 Å². The molecule has 22 heavy (non-hydrogen) atoms. The lowest BCUT2D eigenvalue weighted by Gasteiger charge is -2.25. The fourth-order valence-corrected chi connectivity index (χ4v) is 1.81. The van der Waals surface area contributed by atoms with Crippen LogP contribution in [0.5, 0.6) is 0 Å². The number of ether oxygens (including phenoxy) is 2. The Morgan fingerprint density at radius 2 is 2.14 bits per heavy atom. The summed E-state index contributed by atoms with van der Waals surface area (Å²) in [5, 5.41) is 20.0. The largest absolute Gasteiger partial charge is 0.506 e. The van der Waals surface area contributed by atoms with Gasteiger partial charge in [-0.25, -0.2) is 10.2 Å². The van der Waals surface area contributed by atoms with E-state index in [1.165, 1.54) is 4.90 Å². The first-order valence-corrected chi connectivity index (χ1v) is 7.30. The van der Waals surface area contributed by atoms with E-state index >= 15 is 0 Å². The molecule has 0 aliphatic carbocycles. The Morgan fingerprint density at radius 3 is 2.73 bits per heavy atom. The minimum atomic E-state index is -1.49. The van der Waals surface area contributed by atoms with E-state index in [1.54, 1.807) is 18.1 Å². The molecule has 1 aliphatic heterocycles. The molecule has 8 nitrogen and oxygen atoms in total. The number of likely N-dealkylation sites (N-methyl/N-ethyl adjacent to an activating group) is 1. The van der Waals surface area contributed by atoms with Crippen molar-refractivity contribution in [2.24, 2.45) is 0 Å². The van der Waals surface area contributed by atoms with E-state index in [9.17, 15) is 4.79 Å². The molecule has 1 aliphatic rings. The second kappa shape index (κ2) is 8.37. The smallest absolute Gasteiger partial charge is 0.444 e. The van der Waals surface area contributed by atoms with E-state index in [2.05, 4.69) is 5.43 Å². The summed E-state index contributed by atoms with van der Waals surface area (Å²) in [6, 6.07) is 0. The number of amides is 1. The number of nitrogens with one attached hydrogen (secondary N) is 1. The molecule has 0 aromatic carbocycles. The number of nitrogens with zero attached hydrogens (tertiary/aromatic N) is 2. The highest BCUT2D eigenvalue weighted by atomic mass is 16.6. The second-order valence-corrected chi connectivity index (χ2v) is 6.03. The molecule has 0 atom stereocenters. The molecule has 0 fully saturated rings. The molecular weight excluding hydrogens is 289 g/mol. The van der Waals surface area contributed by atoms with Crippen LogP contribution >= 0.6 is 0 Å². The highest BCUT2D eigenvalue weighted by Gasteiger charge is 2.24. The van der Waals surface area contributed by atoms with Gasteiger partial charge in [0.25, 0.3) is 0 Å². The predicted octanol–water partition coefficient (Wildman–Crippen LogP) is -0.414. The first-order valence-electron chi connectivity index (χ1n) is 7.30. The first kappa shape index (κ1) is 18.8. The number of rotatable bonds is 7. The van der Waals surface area contributed by atoms with Gasteiger partial charge in [0.1, 0.15) is 5.60 Å². The topological polar surface area (TPSA) is 94.5 Å². The van der Waals surface area contributed by atoms with Crippen LogP contribution in [0.1, 0.15) is 20.8 Å². The molecule has 0 saturated heterocycles. The van der Waals surface area contributed by atoms with Crippen LogP contribution in [-0.4, -0.2) is 78.7 Å². The van der Waals surface area contributed by atoms with Crippen molar-refractivity contribution in [3.8, 4) is 0 Å². The Labute approximate surface area is 131 Å². The maximum absolute atomic E-state index is 11.7. The van der Waals surface area contributed by atoms with Gasteiger partial charge < -0.3 is 29.4 Å². The molecule has 0 unspecified atom stereocenters. The molecule has 9 heteroatoms. The molecule has 0 spiro atoms. The molecule has 0 aromatic rings. The van der Waals surface area contributed by atoms with E-state index in [-0.39, 0.29) is 6.09 Å². The molecule has 1 rings (SSSR count). The van der Waals surface area contributed by atoms with Crippen LogP contribution in [0.2, 0.25) is 0 Å². The zero-order chi connectivity index (χ0) is 16.8. The molecular formula is C13H26BN3O5. The molecule has 0 saturated carbocycles. The third-order valence-corrected chi connectivity index (χ3v) is 2.90. The van der Waals surface area contributed by atoms with Crippen molar-refractivity contribution in [2.75, 3.05) is 39.9 Å². The van der Waals surface area contributed by atoms with E-state index in [1.807, 2.05) is 20.8 Å². The van der Waals surface area contributed by atoms with Crippen LogP contribution in [0.15, 0.2) is 11.7 Å². The molecule has 0 radical (unpaired) electrons. The van der Waals surface area contributed by atoms with Gasteiger partial charge in [-0.3, -0.25) is 0 Å². The Kier molecular flexibility index (Phi) is 7.14. The van der Waals surface area contributed by atoms with E-state index in [0.29, 0.717) is 38.4 Å². The Morgan fingerprint density at radius 1 is 1.45 bits per heavy atom. The fourth-order valence-electron chi connectivity index (χ4n) is 1.81. The van der Waals surface area contributed by atoms with Gasteiger partial charge in [0.15, 0.2) is 0 Å². The average molecular weight is 315 g/mol. The van der Waals surface area contributed by atoms with Crippen LogP contribution in [0, 0.1) is 0 Å². The normalized spacial score (nSPS) is 14.8. The van der Waals surface area contributed by atoms with Crippen molar-refractivity contribution in [1.82, 2.24) is 15.3 Å². The van der Waals surface area contributed by atoms with Crippen LogP contribution in [0.3, 0.4) is 0 Å². The Bertz CT molecular complexity index is 398. The summed E-state index contributed by atoms with van der Waals surface area (Å²) in [6.45, 7) is 7.71. The molecule has 126 valence electrons. The van der Waals surface area contributed by atoms with E-state index in [4.69, 9.17) is 19.5 Å². The van der Waals surface area contributed by atoms with Gasteiger partial charge in [0, 0.05) is 20.1 Å². The predicted molar refractivity (Wildman–Crippen MR) is 82.7 cm³/mol. The number of hydrogen-bond acceptors (Lipinski definition) is 7. The summed E-state index contributed by atoms with van der Waals surface area (Å²) in [5.74, 6) is 0. The zero-order valence-corrected chi connectivity index (χ0v) is 13.7. The number of carbonyl (C=O) groups is 1. The van der Waals surface area contributed by atoms with Gasteiger partial charge in [-0.15, -0.1) is 0 Å². The molecule has 0 aromatic heterocycles. The van der Waals surface area contributed by atoms with Gasteiger partial charge >= 0.3 is 13.2 Å². The first-order chi connectivity index (χ1) is 10.2. The van der Waals surface area contributed by atoms with Crippen LogP contribution in [-0.2, 0) is 9.47 Å². The van der Waals surface area contributed by atoms with Crippen molar-refractivity contribution >= 4 is 13.2 Å². The average Bonchev–Trinajstić information content (AvgIpc) is 2.84. The fraction of sp³-hybridized carbons (Fsp3) is 0.769. The van der Waals surface area contributed by atoms with Crippen molar-refractivity contribution in [3.63, 3.8) is 0 Å². The lowest BCUT2D eigenvalue weighted by Crippen LogP contribution is -2.40. The summed E-state index contributed by atoms with van der Waals surface area (Å²) in [4.78, 5) is 13.2. The van der Waals surface area contributed by atoms with Gasteiger partial charge in [-0.1, -0.05) is 6.08 Å². The molecule has 1 heterocycles. The van der Waals surface area contributed by atoms with Gasteiger partial charge in [-0.2, -0.15) is 0 Å². The lowest BCUT2D eigenvalue weighted by atomic mass is 9.85. The second-order valence-electron chi connectivity index (χ2n) is 6.03. The van der Waals surface area contributed by atoms with Gasteiger partial charge in [0.05, 0.1) is 25.4 Å². The summed E-state index contributed by atoms with van der Waals surface area (Å²) >= 11 is 0. The summed E-state index contributed by atoms with van der Waals surface area (Å²) in [5.41, 5.74) is 2.90. The molecule has 0 bridgehead atoms. The highest BCUT2D eigenvalue weighted by Crippen LogP contribution is 2.09. The Hall–Kier alpha value is -1.29. The Balaban J connectivity index is 2.15. The van der Waals surface area contributed by atoms with Crippen LogP contribution in [0.25, 0.3) is 0 Å². The van der Waals surface area contributed by atoms with E-state index < -0.39 is 12.7 Å². The van der Waals surface area contributed by atoms with Crippen LogP contribution < -0.4 is 5.43 Å². The summed E-state index contributed by atoms with van der Waals surface area (Å²) in [6.07, 6.45) is 1.33. The van der Waals surface area contributed by atoms with Crippen molar-refractivity contribution in [3.05, 3.63) is 11.7 Å². The van der Waals surface area contributed by atoms with Gasteiger partial charge in [0.2, 0.25) is 0 Å². The summed E-state index contributed by atoms with van der Waals surface area (Å²) < 4.78 is 10.7. The quantitative estimate of drug-likeness (QED) is 0.434. The summed E-state index contributed by atoms with van der Waals surface area (Å²) in [7, 11) is 0.163. The molecule has 1 amide bonds. The monoisotopic (exact) mass is 315 g/mol. The maximum atomic E-state index is 11.7. The van der Waals surface area contributed by atoms with Crippen molar-refractivity contribution in [1.29, 1.82) is 0 Å². The van der Waals surface area contributed by atoms with Gasteiger partial charge in [-0.05, 0) is 20.8 Å². The third-order valence-electron chi connectivity index (χ3n) is 2.90.